The highest BCUT2D eigenvalue weighted by molar-refractivity contribution is 7.89. The minimum atomic E-state index is -4.27. The van der Waals surface area contributed by atoms with Crippen LogP contribution in [0, 0.1) is 19.7 Å². The number of hydrogen-bond donors (Lipinski definition) is 3. The molecule has 3 N–H and O–H groups in total. The quantitative estimate of drug-likeness (QED) is 0.464. The first-order valence-corrected chi connectivity index (χ1v) is 12.5. The summed E-state index contributed by atoms with van der Waals surface area (Å²) in [6, 6.07) is 4.66. The van der Waals surface area contributed by atoms with E-state index in [-0.39, 0.29) is 40.1 Å². The van der Waals surface area contributed by atoms with E-state index in [1.807, 2.05) is 6.92 Å². The Morgan fingerprint density at radius 2 is 2.03 bits per heavy atom. The van der Waals surface area contributed by atoms with Gasteiger partial charge in [-0.15, -0.1) is 10.2 Å². The van der Waals surface area contributed by atoms with Gasteiger partial charge in [0.2, 0.25) is 10.0 Å². The molecule has 0 saturated heterocycles. The second kappa shape index (κ2) is 8.88. The van der Waals surface area contributed by atoms with Crippen LogP contribution in [0.2, 0.25) is 5.02 Å². The lowest BCUT2D eigenvalue weighted by molar-refractivity contribution is 0.0135. The molecule has 2 unspecified atom stereocenters. The fraction of sp³-hybridized carbons (Fsp3) is 0.409. The summed E-state index contributed by atoms with van der Waals surface area (Å²) in [5, 5.41) is 24.8. The number of sulfonamides is 1. The number of tetrazole rings is 1. The zero-order valence-corrected chi connectivity index (χ0v) is 20.6. The summed E-state index contributed by atoms with van der Waals surface area (Å²) in [5.41, 5.74) is 0.741. The molecule has 2 aromatic carbocycles. The van der Waals surface area contributed by atoms with Crippen LogP contribution in [0.25, 0.3) is 0 Å². The molecular weight excluding hydrogens is 485 g/mol. The van der Waals surface area contributed by atoms with Gasteiger partial charge in [0.05, 0.1) is 23.3 Å². The van der Waals surface area contributed by atoms with Crippen molar-refractivity contribution in [2.45, 2.75) is 56.6 Å². The molecular formula is C22H25ClFN5O4S. The number of benzene rings is 2. The van der Waals surface area contributed by atoms with Crippen LogP contribution in [0.5, 0.6) is 5.75 Å². The standard InChI is InChI=1S/C22H25ClFN5O4S/c1-11-5-7-15(24)17(12(11)2)13(3)19(21-25-28-29-26-21)27-34(31,32)16-8-6-14(23)18-20(16)33-10-9-22(18,4)30/h5-8,13,19,27,30H,9-10H2,1-4H3,(H,25,26,28,29)/t13?,19?,22-/m0/s1. The fourth-order valence-corrected chi connectivity index (χ4v) is 6.09. The van der Waals surface area contributed by atoms with Crippen LogP contribution in [-0.2, 0) is 15.6 Å². The predicted molar refractivity (Wildman–Crippen MR) is 123 cm³/mol. The average molecular weight is 510 g/mol. The Morgan fingerprint density at radius 1 is 1.29 bits per heavy atom. The molecule has 0 amide bonds. The van der Waals surface area contributed by atoms with Crippen molar-refractivity contribution < 1.29 is 22.7 Å². The number of ether oxygens (including phenoxy) is 1. The Morgan fingerprint density at radius 3 is 2.71 bits per heavy atom. The highest BCUT2D eigenvalue weighted by atomic mass is 35.5. The molecule has 2 heterocycles. The first-order valence-electron chi connectivity index (χ1n) is 10.6. The van der Waals surface area contributed by atoms with Gasteiger partial charge in [0.25, 0.3) is 0 Å². The number of aromatic nitrogens is 4. The van der Waals surface area contributed by atoms with Crippen molar-refractivity contribution in [3.05, 3.63) is 63.2 Å². The number of halogens is 2. The van der Waals surface area contributed by atoms with Crippen LogP contribution in [0.3, 0.4) is 0 Å². The van der Waals surface area contributed by atoms with Crippen molar-refractivity contribution in [2.24, 2.45) is 0 Å². The molecule has 1 aliphatic heterocycles. The SMILES string of the molecule is Cc1ccc(F)c(C(C)C(NS(=O)(=O)c2ccc(Cl)c3c2OCC[C@]3(C)O)c2nn[nH]n2)c1C. The minimum Gasteiger partial charge on any atom is -0.492 e. The van der Waals surface area contributed by atoms with E-state index >= 15 is 0 Å². The van der Waals surface area contributed by atoms with Crippen LogP contribution in [0.15, 0.2) is 29.2 Å². The van der Waals surface area contributed by atoms with Gasteiger partial charge in [-0.25, -0.2) is 12.8 Å². The van der Waals surface area contributed by atoms with Gasteiger partial charge in [-0.2, -0.15) is 9.94 Å². The molecule has 12 heteroatoms. The number of aryl methyl sites for hydroxylation is 1. The monoisotopic (exact) mass is 509 g/mol. The Labute approximate surface area is 201 Å². The molecule has 0 spiro atoms. The van der Waals surface area contributed by atoms with Gasteiger partial charge in [0, 0.05) is 17.9 Å². The minimum absolute atomic E-state index is 0.0197. The first kappa shape index (κ1) is 24.5. The Hall–Kier alpha value is -2.60. The van der Waals surface area contributed by atoms with Gasteiger partial charge in [-0.05, 0) is 55.7 Å². The maximum atomic E-state index is 14.9. The zero-order valence-electron chi connectivity index (χ0n) is 19.1. The molecule has 4 rings (SSSR count). The Balaban J connectivity index is 1.81. The van der Waals surface area contributed by atoms with Crippen LogP contribution in [0.4, 0.5) is 4.39 Å². The summed E-state index contributed by atoms with van der Waals surface area (Å²) in [6.07, 6.45) is 0.255. The largest absolute Gasteiger partial charge is 0.492 e. The van der Waals surface area contributed by atoms with Crippen LogP contribution < -0.4 is 9.46 Å². The summed E-state index contributed by atoms with van der Waals surface area (Å²) < 4.78 is 50.4. The fourth-order valence-electron chi connectivity index (χ4n) is 4.31. The molecule has 1 aromatic heterocycles. The molecule has 0 fully saturated rings. The number of nitrogens with one attached hydrogen (secondary N) is 2. The maximum absolute atomic E-state index is 14.9. The summed E-state index contributed by atoms with van der Waals surface area (Å²) >= 11 is 6.29. The van der Waals surface area contributed by atoms with Crippen LogP contribution >= 0.6 is 11.6 Å². The van der Waals surface area contributed by atoms with E-state index in [0.29, 0.717) is 11.1 Å². The van der Waals surface area contributed by atoms with Gasteiger partial charge in [-0.1, -0.05) is 29.8 Å². The molecule has 3 aromatic rings. The van der Waals surface area contributed by atoms with Crippen molar-refractivity contribution in [3.63, 3.8) is 0 Å². The van der Waals surface area contributed by atoms with Gasteiger partial charge in [0.1, 0.15) is 16.5 Å². The normalized spacial score (nSPS) is 19.9. The van der Waals surface area contributed by atoms with Gasteiger partial charge in [-0.3, -0.25) is 0 Å². The smallest absolute Gasteiger partial charge is 0.244 e. The molecule has 0 aliphatic carbocycles. The lowest BCUT2D eigenvalue weighted by atomic mass is 9.88. The van der Waals surface area contributed by atoms with E-state index in [1.165, 1.54) is 18.2 Å². The Bertz CT molecular complexity index is 1330. The number of aliphatic hydroxyl groups is 1. The van der Waals surface area contributed by atoms with Crippen molar-refractivity contribution in [1.82, 2.24) is 25.3 Å². The number of fused-ring (bicyclic) bond motifs is 1. The highest BCUT2D eigenvalue weighted by Crippen LogP contribution is 2.45. The van der Waals surface area contributed by atoms with E-state index in [2.05, 4.69) is 25.3 Å². The number of nitrogens with zero attached hydrogens (tertiary/aromatic N) is 3. The number of H-pyrrole nitrogens is 1. The lowest BCUT2D eigenvalue weighted by Gasteiger charge is -2.33. The van der Waals surface area contributed by atoms with Gasteiger partial charge in [0.15, 0.2) is 5.82 Å². The summed E-state index contributed by atoms with van der Waals surface area (Å²) in [6.45, 7) is 6.98. The van der Waals surface area contributed by atoms with Crippen molar-refractivity contribution in [1.29, 1.82) is 0 Å². The number of hydrogen-bond acceptors (Lipinski definition) is 7. The predicted octanol–water partition coefficient (Wildman–Crippen LogP) is 3.42. The molecule has 182 valence electrons. The summed E-state index contributed by atoms with van der Waals surface area (Å²) in [4.78, 5) is -0.200. The topological polar surface area (TPSA) is 130 Å². The van der Waals surface area contributed by atoms with Gasteiger partial charge >= 0.3 is 0 Å². The van der Waals surface area contributed by atoms with Crippen LogP contribution in [-0.4, -0.2) is 40.8 Å². The van der Waals surface area contributed by atoms with E-state index in [9.17, 15) is 17.9 Å². The third-order valence-electron chi connectivity index (χ3n) is 6.34. The Kier molecular flexibility index (Phi) is 6.40. The third kappa shape index (κ3) is 4.28. The third-order valence-corrected chi connectivity index (χ3v) is 8.12. The van der Waals surface area contributed by atoms with Gasteiger partial charge < -0.3 is 9.84 Å². The van der Waals surface area contributed by atoms with Crippen molar-refractivity contribution in [3.8, 4) is 5.75 Å². The number of aromatic amines is 1. The molecule has 9 nitrogen and oxygen atoms in total. The molecule has 0 saturated carbocycles. The second-order valence-corrected chi connectivity index (χ2v) is 10.8. The first-order chi connectivity index (χ1) is 15.9. The second-order valence-electron chi connectivity index (χ2n) is 8.68. The van der Waals surface area contributed by atoms with E-state index in [1.54, 1.807) is 26.8 Å². The van der Waals surface area contributed by atoms with E-state index in [4.69, 9.17) is 16.3 Å². The number of rotatable bonds is 6. The molecule has 0 radical (unpaired) electrons. The van der Waals surface area contributed by atoms with Crippen LogP contribution in [0.1, 0.15) is 60.3 Å². The lowest BCUT2D eigenvalue weighted by Crippen LogP contribution is -2.35. The average Bonchev–Trinajstić information content (AvgIpc) is 3.29. The molecule has 3 atom stereocenters. The molecule has 0 bridgehead atoms. The summed E-state index contributed by atoms with van der Waals surface area (Å²) in [7, 11) is -4.27. The van der Waals surface area contributed by atoms with Crippen molar-refractivity contribution >= 4 is 21.6 Å². The van der Waals surface area contributed by atoms with E-state index in [0.717, 1.165) is 5.56 Å². The van der Waals surface area contributed by atoms with Crippen molar-refractivity contribution in [2.75, 3.05) is 6.61 Å². The molecule has 1 aliphatic rings. The van der Waals surface area contributed by atoms with E-state index < -0.39 is 33.4 Å². The maximum Gasteiger partial charge on any atom is 0.244 e. The highest BCUT2D eigenvalue weighted by Gasteiger charge is 2.39. The zero-order chi connectivity index (χ0) is 24.8. The summed E-state index contributed by atoms with van der Waals surface area (Å²) in [5.74, 6) is -1.13. The molecule has 34 heavy (non-hydrogen) atoms.